The van der Waals surface area contributed by atoms with E-state index in [0.717, 1.165) is 17.8 Å². The predicted molar refractivity (Wildman–Crippen MR) is 44.2 cm³/mol. The topological polar surface area (TPSA) is 56.2 Å². The van der Waals surface area contributed by atoms with Crippen LogP contribution in [0.5, 0.6) is 0 Å². The van der Waals surface area contributed by atoms with Crippen molar-refractivity contribution in [2.75, 3.05) is 0 Å². The van der Waals surface area contributed by atoms with Crippen molar-refractivity contribution >= 4 is 5.71 Å². The number of aromatic nitrogens is 2. The van der Waals surface area contributed by atoms with E-state index in [1.54, 1.807) is 4.68 Å². The summed E-state index contributed by atoms with van der Waals surface area (Å²) < 4.78 is 1.73. The second-order valence-electron chi connectivity index (χ2n) is 2.30. The highest BCUT2D eigenvalue weighted by atomic mass is 15.3. The van der Waals surface area contributed by atoms with Crippen LogP contribution in [0.4, 0.5) is 0 Å². The molecule has 0 spiro atoms. The summed E-state index contributed by atoms with van der Waals surface area (Å²) in [6.07, 6.45) is 2.68. The molecule has 0 saturated heterocycles. The fourth-order valence-electron chi connectivity index (χ4n) is 0.908. The highest BCUT2D eigenvalue weighted by Gasteiger charge is 2.02. The summed E-state index contributed by atoms with van der Waals surface area (Å²) in [5, 5.41) is 7.79. The molecule has 0 bridgehead atoms. The molecule has 0 radical (unpaired) electrons. The standard InChI is InChI=1S/C7H12N4/c1-3-6(9-8)7-4-5-11(2)10-7/h4-5H,3,8H2,1-2H3/b9-6-. The third-order valence-corrected chi connectivity index (χ3v) is 1.50. The van der Waals surface area contributed by atoms with Gasteiger partial charge in [-0.15, -0.1) is 0 Å². The van der Waals surface area contributed by atoms with Crippen LogP contribution >= 0.6 is 0 Å². The summed E-state index contributed by atoms with van der Waals surface area (Å²) >= 11 is 0. The molecule has 1 heterocycles. The van der Waals surface area contributed by atoms with Crippen molar-refractivity contribution in [2.45, 2.75) is 13.3 Å². The van der Waals surface area contributed by atoms with E-state index < -0.39 is 0 Å². The molecule has 0 fully saturated rings. The normalized spacial score (nSPS) is 12.0. The summed E-state index contributed by atoms with van der Waals surface area (Å²) in [6.45, 7) is 2.00. The summed E-state index contributed by atoms with van der Waals surface area (Å²) in [5.74, 6) is 5.16. The maximum Gasteiger partial charge on any atom is 0.108 e. The first-order chi connectivity index (χ1) is 5.27. The third-order valence-electron chi connectivity index (χ3n) is 1.50. The molecule has 4 heteroatoms. The lowest BCUT2D eigenvalue weighted by Crippen LogP contribution is -2.04. The van der Waals surface area contributed by atoms with Crippen LogP contribution in [0.3, 0.4) is 0 Å². The van der Waals surface area contributed by atoms with Gasteiger partial charge in [0, 0.05) is 13.2 Å². The Morgan fingerprint density at radius 1 is 1.82 bits per heavy atom. The minimum Gasteiger partial charge on any atom is -0.323 e. The maximum atomic E-state index is 5.16. The summed E-state index contributed by atoms with van der Waals surface area (Å²) in [7, 11) is 1.87. The lowest BCUT2D eigenvalue weighted by atomic mass is 10.2. The zero-order valence-electron chi connectivity index (χ0n) is 6.78. The van der Waals surface area contributed by atoms with Crippen molar-refractivity contribution in [2.24, 2.45) is 18.0 Å². The monoisotopic (exact) mass is 152 g/mol. The summed E-state index contributed by atoms with van der Waals surface area (Å²) in [6, 6.07) is 1.90. The molecule has 60 valence electrons. The number of nitrogens with two attached hydrogens (primary N) is 1. The van der Waals surface area contributed by atoms with Crippen LogP contribution in [-0.4, -0.2) is 15.5 Å². The van der Waals surface area contributed by atoms with Crippen molar-refractivity contribution in [1.29, 1.82) is 0 Å². The van der Waals surface area contributed by atoms with Crippen molar-refractivity contribution in [3.05, 3.63) is 18.0 Å². The number of aryl methyl sites for hydroxylation is 1. The Hall–Kier alpha value is -1.32. The number of rotatable bonds is 2. The zero-order chi connectivity index (χ0) is 8.27. The molecule has 0 amide bonds. The van der Waals surface area contributed by atoms with Crippen LogP contribution in [0.2, 0.25) is 0 Å². The van der Waals surface area contributed by atoms with E-state index in [1.165, 1.54) is 0 Å². The Kier molecular flexibility index (Phi) is 2.25. The molecule has 0 aliphatic heterocycles. The minimum atomic E-state index is 0.813. The smallest absolute Gasteiger partial charge is 0.108 e. The molecule has 11 heavy (non-hydrogen) atoms. The first kappa shape index (κ1) is 7.78. The van der Waals surface area contributed by atoms with Gasteiger partial charge in [0.1, 0.15) is 5.69 Å². The fraction of sp³-hybridized carbons (Fsp3) is 0.429. The lowest BCUT2D eigenvalue weighted by molar-refractivity contribution is 0.763. The van der Waals surface area contributed by atoms with E-state index in [9.17, 15) is 0 Å². The Balaban J connectivity index is 2.91. The van der Waals surface area contributed by atoms with E-state index in [0.29, 0.717) is 0 Å². The van der Waals surface area contributed by atoms with Gasteiger partial charge in [-0.1, -0.05) is 6.92 Å². The van der Waals surface area contributed by atoms with Crippen LogP contribution < -0.4 is 5.84 Å². The second kappa shape index (κ2) is 3.18. The molecule has 1 aromatic rings. The molecule has 2 N–H and O–H groups in total. The van der Waals surface area contributed by atoms with Crippen molar-refractivity contribution in [1.82, 2.24) is 9.78 Å². The minimum absolute atomic E-state index is 0.813. The largest absolute Gasteiger partial charge is 0.323 e. The van der Waals surface area contributed by atoms with Crippen LogP contribution in [-0.2, 0) is 7.05 Å². The Labute approximate surface area is 65.7 Å². The van der Waals surface area contributed by atoms with E-state index in [1.807, 2.05) is 26.2 Å². The molecule has 0 aliphatic rings. The quantitative estimate of drug-likeness (QED) is 0.381. The van der Waals surface area contributed by atoms with Gasteiger partial charge in [-0.3, -0.25) is 4.68 Å². The van der Waals surface area contributed by atoms with E-state index >= 15 is 0 Å². The molecule has 1 rings (SSSR count). The highest BCUT2D eigenvalue weighted by Crippen LogP contribution is 1.99. The summed E-state index contributed by atoms with van der Waals surface area (Å²) in [5.41, 5.74) is 1.70. The van der Waals surface area contributed by atoms with Gasteiger partial charge in [0.15, 0.2) is 0 Å². The molecule has 4 nitrogen and oxygen atoms in total. The molecule has 0 saturated carbocycles. The number of hydrogen-bond acceptors (Lipinski definition) is 3. The van der Waals surface area contributed by atoms with Crippen LogP contribution in [0.1, 0.15) is 19.0 Å². The third kappa shape index (κ3) is 1.58. The summed E-state index contributed by atoms with van der Waals surface area (Å²) in [4.78, 5) is 0. The van der Waals surface area contributed by atoms with Gasteiger partial charge in [-0.25, -0.2) is 0 Å². The first-order valence-electron chi connectivity index (χ1n) is 3.54. The van der Waals surface area contributed by atoms with Gasteiger partial charge in [-0.05, 0) is 12.5 Å². The van der Waals surface area contributed by atoms with E-state index in [2.05, 4.69) is 10.2 Å². The molecule has 0 atom stereocenters. The van der Waals surface area contributed by atoms with Gasteiger partial charge in [0.25, 0.3) is 0 Å². The Morgan fingerprint density at radius 3 is 2.91 bits per heavy atom. The molecular formula is C7H12N4. The van der Waals surface area contributed by atoms with Crippen molar-refractivity contribution < 1.29 is 0 Å². The van der Waals surface area contributed by atoms with Gasteiger partial charge in [-0.2, -0.15) is 10.2 Å². The first-order valence-corrected chi connectivity index (χ1v) is 3.54. The van der Waals surface area contributed by atoms with Crippen LogP contribution in [0.15, 0.2) is 17.4 Å². The average molecular weight is 152 g/mol. The maximum absolute atomic E-state index is 5.16. The predicted octanol–water partition coefficient (Wildman–Crippen LogP) is 0.493. The zero-order valence-corrected chi connectivity index (χ0v) is 6.78. The van der Waals surface area contributed by atoms with Gasteiger partial charge in [0.05, 0.1) is 5.71 Å². The average Bonchev–Trinajstić information content (AvgIpc) is 2.39. The molecule has 1 aromatic heterocycles. The Bertz CT molecular complexity index is 261. The Morgan fingerprint density at radius 2 is 2.55 bits per heavy atom. The van der Waals surface area contributed by atoms with Gasteiger partial charge in [0.2, 0.25) is 0 Å². The van der Waals surface area contributed by atoms with Crippen LogP contribution in [0, 0.1) is 0 Å². The number of nitrogens with zero attached hydrogens (tertiary/aromatic N) is 3. The van der Waals surface area contributed by atoms with E-state index in [4.69, 9.17) is 5.84 Å². The number of hydrazone groups is 1. The van der Waals surface area contributed by atoms with Crippen molar-refractivity contribution in [3.8, 4) is 0 Å². The van der Waals surface area contributed by atoms with Crippen molar-refractivity contribution in [3.63, 3.8) is 0 Å². The second-order valence-corrected chi connectivity index (χ2v) is 2.30. The molecule has 0 aromatic carbocycles. The molecular weight excluding hydrogens is 140 g/mol. The van der Waals surface area contributed by atoms with E-state index in [-0.39, 0.29) is 0 Å². The fourth-order valence-corrected chi connectivity index (χ4v) is 0.908. The molecule has 0 unspecified atom stereocenters. The molecule has 0 aliphatic carbocycles. The SMILES string of the molecule is CC/C(=N/N)c1ccn(C)n1. The lowest BCUT2D eigenvalue weighted by Gasteiger charge is -1.94. The van der Waals surface area contributed by atoms with Crippen LogP contribution in [0.25, 0.3) is 0 Å². The number of hydrogen-bond donors (Lipinski definition) is 1. The highest BCUT2D eigenvalue weighted by molar-refractivity contribution is 5.98. The van der Waals surface area contributed by atoms with Gasteiger partial charge < -0.3 is 5.84 Å². The van der Waals surface area contributed by atoms with Gasteiger partial charge >= 0.3 is 0 Å².